The molecule has 4 heterocycles. The van der Waals surface area contributed by atoms with E-state index < -0.39 is 5.60 Å². The van der Waals surface area contributed by atoms with Crippen molar-refractivity contribution < 1.29 is 5.11 Å². The molecule has 24 heavy (non-hydrogen) atoms. The van der Waals surface area contributed by atoms with E-state index in [2.05, 4.69) is 20.3 Å². The van der Waals surface area contributed by atoms with E-state index in [1.165, 1.54) is 17.7 Å². The third-order valence-corrected chi connectivity index (χ3v) is 5.58. The second-order valence-electron chi connectivity index (χ2n) is 5.32. The van der Waals surface area contributed by atoms with Gasteiger partial charge >= 0.3 is 0 Å². The van der Waals surface area contributed by atoms with Crippen LogP contribution in [0, 0.1) is 0 Å². The monoisotopic (exact) mass is 354 g/mol. The van der Waals surface area contributed by atoms with Crippen molar-refractivity contribution >= 4 is 39.4 Å². The van der Waals surface area contributed by atoms with Crippen molar-refractivity contribution in [1.82, 2.24) is 15.0 Å². The number of pyridine rings is 1. The van der Waals surface area contributed by atoms with E-state index in [9.17, 15) is 5.11 Å². The SMILES string of the molecule is OC(CNc1ncnc2cnccc12)(c1ccsc1)c1cccs1. The van der Waals surface area contributed by atoms with Crippen LogP contribution in [0.15, 0.2) is 59.1 Å². The third-order valence-electron chi connectivity index (χ3n) is 3.88. The van der Waals surface area contributed by atoms with Crippen LogP contribution in [-0.4, -0.2) is 26.6 Å². The van der Waals surface area contributed by atoms with Gasteiger partial charge in [0.25, 0.3) is 0 Å². The fourth-order valence-corrected chi connectivity index (χ4v) is 4.17. The molecule has 0 aromatic carbocycles. The Morgan fingerprint density at radius 3 is 2.92 bits per heavy atom. The van der Waals surface area contributed by atoms with Gasteiger partial charge in [0.1, 0.15) is 17.7 Å². The molecule has 7 heteroatoms. The first-order chi connectivity index (χ1) is 11.8. The quantitative estimate of drug-likeness (QED) is 0.574. The van der Waals surface area contributed by atoms with Crippen molar-refractivity contribution in [3.8, 4) is 0 Å². The Labute approximate surface area is 146 Å². The fraction of sp³-hybridized carbons (Fsp3) is 0.118. The van der Waals surface area contributed by atoms with Crippen molar-refractivity contribution in [3.05, 3.63) is 69.6 Å². The normalized spacial score (nSPS) is 13.7. The van der Waals surface area contributed by atoms with Crippen molar-refractivity contribution in [1.29, 1.82) is 0 Å². The van der Waals surface area contributed by atoms with Crippen LogP contribution in [0.4, 0.5) is 5.82 Å². The molecule has 1 atom stereocenters. The zero-order valence-corrected chi connectivity index (χ0v) is 14.2. The number of fused-ring (bicyclic) bond motifs is 1. The lowest BCUT2D eigenvalue weighted by atomic mass is 9.94. The molecule has 120 valence electrons. The van der Waals surface area contributed by atoms with E-state index in [0.717, 1.165) is 21.3 Å². The number of hydrogen-bond donors (Lipinski definition) is 2. The molecule has 0 saturated heterocycles. The number of aromatic nitrogens is 3. The molecule has 4 aromatic heterocycles. The number of anilines is 1. The summed E-state index contributed by atoms with van der Waals surface area (Å²) in [6, 6.07) is 7.72. The van der Waals surface area contributed by atoms with E-state index in [0.29, 0.717) is 12.4 Å². The summed E-state index contributed by atoms with van der Waals surface area (Å²) in [7, 11) is 0. The summed E-state index contributed by atoms with van der Waals surface area (Å²) in [4.78, 5) is 13.5. The minimum Gasteiger partial charge on any atom is -0.378 e. The lowest BCUT2D eigenvalue weighted by Gasteiger charge is -2.27. The zero-order valence-electron chi connectivity index (χ0n) is 12.6. The van der Waals surface area contributed by atoms with E-state index in [1.54, 1.807) is 23.7 Å². The number of nitrogens with one attached hydrogen (secondary N) is 1. The largest absolute Gasteiger partial charge is 0.378 e. The molecule has 0 fully saturated rings. The molecule has 2 N–H and O–H groups in total. The second kappa shape index (κ2) is 6.27. The molecule has 4 aromatic rings. The molecule has 4 rings (SSSR count). The first kappa shape index (κ1) is 15.2. The average molecular weight is 354 g/mol. The molecule has 5 nitrogen and oxygen atoms in total. The van der Waals surface area contributed by atoms with Gasteiger partial charge in [-0.15, -0.1) is 11.3 Å². The van der Waals surface area contributed by atoms with Gasteiger partial charge in [-0.25, -0.2) is 9.97 Å². The summed E-state index contributed by atoms with van der Waals surface area (Å²) in [6.45, 7) is 0.318. The molecule has 0 saturated carbocycles. The minimum atomic E-state index is -1.10. The van der Waals surface area contributed by atoms with Gasteiger partial charge in [0, 0.05) is 22.0 Å². The molecule has 0 radical (unpaired) electrons. The minimum absolute atomic E-state index is 0.318. The molecule has 0 amide bonds. The van der Waals surface area contributed by atoms with Crippen molar-refractivity contribution in [2.45, 2.75) is 5.60 Å². The number of hydrogen-bond acceptors (Lipinski definition) is 7. The van der Waals surface area contributed by atoms with Crippen molar-refractivity contribution in [2.24, 2.45) is 0 Å². The predicted octanol–water partition coefficient (Wildman–Crippen LogP) is 3.50. The Hall–Kier alpha value is -2.35. The van der Waals surface area contributed by atoms with Crippen LogP contribution in [0.5, 0.6) is 0 Å². The van der Waals surface area contributed by atoms with Crippen LogP contribution in [0.2, 0.25) is 0 Å². The molecular formula is C17H14N4OS2. The summed E-state index contributed by atoms with van der Waals surface area (Å²) in [5.74, 6) is 0.688. The molecule has 0 spiro atoms. The van der Waals surface area contributed by atoms with Gasteiger partial charge < -0.3 is 10.4 Å². The van der Waals surface area contributed by atoms with E-state index in [4.69, 9.17) is 0 Å². The van der Waals surface area contributed by atoms with Gasteiger partial charge in [-0.05, 0) is 34.3 Å². The van der Waals surface area contributed by atoms with Gasteiger partial charge in [0.05, 0.1) is 18.3 Å². The summed E-state index contributed by atoms with van der Waals surface area (Å²) in [6.07, 6.45) is 4.91. The lowest BCUT2D eigenvalue weighted by Crippen LogP contribution is -2.34. The smallest absolute Gasteiger partial charge is 0.142 e. The highest BCUT2D eigenvalue weighted by Gasteiger charge is 2.33. The van der Waals surface area contributed by atoms with Crippen LogP contribution < -0.4 is 5.32 Å². The first-order valence-corrected chi connectivity index (χ1v) is 9.17. The van der Waals surface area contributed by atoms with Crippen LogP contribution in [0.25, 0.3) is 10.9 Å². The Kier molecular flexibility index (Phi) is 3.97. The maximum absolute atomic E-state index is 11.4. The number of rotatable bonds is 5. The maximum atomic E-state index is 11.4. The highest BCUT2D eigenvalue weighted by molar-refractivity contribution is 7.10. The van der Waals surface area contributed by atoms with Gasteiger partial charge in [0.2, 0.25) is 0 Å². The lowest BCUT2D eigenvalue weighted by molar-refractivity contribution is 0.0993. The summed E-state index contributed by atoms with van der Waals surface area (Å²) >= 11 is 3.11. The van der Waals surface area contributed by atoms with Crippen LogP contribution in [-0.2, 0) is 5.60 Å². The van der Waals surface area contributed by atoms with Crippen LogP contribution >= 0.6 is 22.7 Å². The zero-order chi connectivity index (χ0) is 16.4. The summed E-state index contributed by atoms with van der Waals surface area (Å²) in [5.41, 5.74) is 0.547. The van der Waals surface area contributed by atoms with Gasteiger partial charge in [-0.3, -0.25) is 4.98 Å². The number of aliphatic hydroxyl groups is 1. The molecule has 0 bridgehead atoms. The van der Waals surface area contributed by atoms with Gasteiger partial charge in [-0.1, -0.05) is 6.07 Å². The van der Waals surface area contributed by atoms with E-state index in [1.807, 2.05) is 40.4 Å². The van der Waals surface area contributed by atoms with Crippen molar-refractivity contribution in [3.63, 3.8) is 0 Å². The Balaban J connectivity index is 1.69. The number of nitrogens with zero attached hydrogens (tertiary/aromatic N) is 3. The second-order valence-corrected chi connectivity index (χ2v) is 7.05. The fourth-order valence-electron chi connectivity index (χ4n) is 2.61. The highest BCUT2D eigenvalue weighted by atomic mass is 32.1. The third kappa shape index (κ3) is 2.66. The van der Waals surface area contributed by atoms with Gasteiger partial charge in [-0.2, -0.15) is 11.3 Å². The standard InChI is InChI=1S/C17H14N4OS2/c22-17(12-4-7-23-9-12,15-2-1-6-24-15)10-19-16-13-3-5-18-8-14(13)20-11-21-16/h1-9,11,22H,10H2,(H,19,20,21). The van der Waals surface area contributed by atoms with E-state index in [-0.39, 0.29) is 0 Å². The van der Waals surface area contributed by atoms with Crippen molar-refractivity contribution in [2.75, 3.05) is 11.9 Å². The van der Waals surface area contributed by atoms with E-state index >= 15 is 0 Å². The predicted molar refractivity (Wildman–Crippen MR) is 97.5 cm³/mol. The first-order valence-electron chi connectivity index (χ1n) is 7.35. The summed E-state index contributed by atoms with van der Waals surface area (Å²) < 4.78 is 0. The maximum Gasteiger partial charge on any atom is 0.142 e. The Bertz CT molecular complexity index is 899. The molecule has 1 unspecified atom stereocenters. The number of thiophene rings is 2. The Morgan fingerprint density at radius 1 is 1.17 bits per heavy atom. The van der Waals surface area contributed by atoms with Crippen LogP contribution in [0.3, 0.4) is 0 Å². The Morgan fingerprint density at radius 2 is 2.12 bits per heavy atom. The van der Waals surface area contributed by atoms with Gasteiger partial charge in [0.15, 0.2) is 0 Å². The topological polar surface area (TPSA) is 70.9 Å². The molecule has 0 aliphatic rings. The molecule has 0 aliphatic carbocycles. The molecule has 0 aliphatic heterocycles. The molecular weight excluding hydrogens is 340 g/mol. The summed E-state index contributed by atoms with van der Waals surface area (Å²) in [5, 5.41) is 21.5. The average Bonchev–Trinajstić information content (AvgIpc) is 3.33. The van der Waals surface area contributed by atoms with Crippen LogP contribution in [0.1, 0.15) is 10.4 Å². The highest BCUT2D eigenvalue weighted by Crippen LogP contribution is 2.34.